The second-order valence-corrected chi connectivity index (χ2v) is 11.3. The van der Waals surface area contributed by atoms with Crippen LogP contribution in [0.5, 0.6) is 0 Å². The quantitative estimate of drug-likeness (QED) is 0.369. The molecule has 37 heavy (non-hydrogen) atoms. The van der Waals surface area contributed by atoms with Gasteiger partial charge in [-0.15, -0.1) is 12.3 Å². The van der Waals surface area contributed by atoms with Crippen molar-refractivity contribution in [1.29, 1.82) is 0 Å². The number of nitrogens with one attached hydrogen (secondary N) is 2. The van der Waals surface area contributed by atoms with E-state index in [2.05, 4.69) is 61.6 Å². The number of benzene rings is 2. The van der Waals surface area contributed by atoms with E-state index in [1.165, 1.54) is 29.7 Å². The van der Waals surface area contributed by atoms with Crippen LogP contribution in [-0.2, 0) is 22.2 Å². The summed E-state index contributed by atoms with van der Waals surface area (Å²) in [7, 11) is 0. The average molecular weight is 511 g/mol. The Labute approximate surface area is 220 Å². The minimum absolute atomic E-state index is 0.0133. The number of hydrogen-bond donors (Lipinski definition) is 3. The second-order valence-electron chi connectivity index (χ2n) is 11.3. The van der Waals surface area contributed by atoms with E-state index in [4.69, 9.17) is 6.42 Å². The molecule has 2 aromatic rings. The van der Waals surface area contributed by atoms with Gasteiger partial charge in [0.15, 0.2) is 0 Å². The van der Waals surface area contributed by atoms with Gasteiger partial charge in [0.05, 0.1) is 12.1 Å². The van der Waals surface area contributed by atoms with Gasteiger partial charge in [0, 0.05) is 31.0 Å². The van der Waals surface area contributed by atoms with Crippen LogP contribution < -0.4 is 10.6 Å². The smallest absolute Gasteiger partial charge is 0.221 e. The Hall–Kier alpha value is -2.75. The lowest BCUT2D eigenvalue weighted by Crippen LogP contribution is -2.53. The summed E-state index contributed by atoms with van der Waals surface area (Å²) in [5, 5.41) is 17.7. The number of aliphatic hydroxyl groups excluding tert-OH is 1. The van der Waals surface area contributed by atoms with E-state index in [9.17, 15) is 18.7 Å². The van der Waals surface area contributed by atoms with Crippen LogP contribution in [0.25, 0.3) is 0 Å². The summed E-state index contributed by atoms with van der Waals surface area (Å²) in [5.74, 6) is 0.746. The van der Waals surface area contributed by atoms with E-state index in [0.29, 0.717) is 5.56 Å². The van der Waals surface area contributed by atoms with E-state index in [1.807, 2.05) is 0 Å². The lowest BCUT2D eigenvalue weighted by molar-refractivity contribution is -0.122. The van der Waals surface area contributed by atoms with E-state index in [-0.39, 0.29) is 42.7 Å². The van der Waals surface area contributed by atoms with Crippen LogP contribution in [-0.4, -0.2) is 29.7 Å². The molecule has 0 saturated heterocycles. The molecule has 0 radical (unpaired) electrons. The number of amides is 1. The molecule has 0 spiro atoms. The number of carbonyl (C=O) groups is 1. The third kappa shape index (κ3) is 8.12. The van der Waals surface area contributed by atoms with Gasteiger partial charge in [-0.1, -0.05) is 64.3 Å². The van der Waals surface area contributed by atoms with Crippen molar-refractivity contribution in [3.63, 3.8) is 0 Å². The zero-order valence-electron chi connectivity index (χ0n) is 22.2. The van der Waals surface area contributed by atoms with E-state index >= 15 is 0 Å². The summed E-state index contributed by atoms with van der Waals surface area (Å²) in [5.41, 5.74) is 2.55. The molecule has 1 amide bonds. The molecular formula is C31H40F2N2O2. The van der Waals surface area contributed by atoms with Gasteiger partial charge in [0.25, 0.3) is 0 Å². The SMILES string of the molecule is C#CCCC(=O)NC(Cc1cc(F)cc(F)c1)C(O)CNC1(c2cccc(C(C)(C)C)c2)CCCCC1. The molecule has 4 nitrogen and oxygen atoms in total. The molecule has 1 aliphatic carbocycles. The molecular weight excluding hydrogens is 470 g/mol. The van der Waals surface area contributed by atoms with Crippen molar-refractivity contribution >= 4 is 5.91 Å². The molecule has 0 aliphatic heterocycles. The summed E-state index contributed by atoms with van der Waals surface area (Å²) < 4.78 is 27.7. The van der Waals surface area contributed by atoms with Crippen LogP contribution in [0.4, 0.5) is 8.78 Å². The largest absolute Gasteiger partial charge is 0.390 e. The number of terminal acetylenes is 1. The third-order valence-corrected chi connectivity index (χ3v) is 7.32. The Bertz CT molecular complexity index is 1080. The first kappa shape index (κ1) is 28.8. The molecule has 6 heteroatoms. The minimum atomic E-state index is -0.981. The zero-order valence-corrected chi connectivity index (χ0v) is 22.2. The van der Waals surface area contributed by atoms with Crippen molar-refractivity contribution in [3.05, 3.63) is 70.8 Å². The molecule has 0 bridgehead atoms. The molecule has 3 rings (SSSR count). The highest BCUT2D eigenvalue weighted by Gasteiger charge is 2.35. The maximum atomic E-state index is 13.8. The topological polar surface area (TPSA) is 61.4 Å². The van der Waals surface area contributed by atoms with E-state index < -0.39 is 23.8 Å². The highest BCUT2D eigenvalue weighted by Crippen LogP contribution is 2.38. The predicted octanol–water partition coefficient (Wildman–Crippen LogP) is 5.51. The molecule has 1 saturated carbocycles. The highest BCUT2D eigenvalue weighted by atomic mass is 19.1. The lowest BCUT2D eigenvalue weighted by Gasteiger charge is -2.41. The van der Waals surface area contributed by atoms with Gasteiger partial charge in [-0.2, -0.15) is 0 Å². The third-order valence-electron chi connectivity index (χ3n) is 7.32. The summed E-state index contributed by atoms with van der Waals surface area (Å²) >= 11 is 0. The first-order valence-corrected chi connectivity index (χ1v) is 13.2. The van der Waals surface area contributed by atoms with Gasteiger partial charge in [0.1, 0.15) is 11.6 Å². The fraction of sp³-hybridized carbons (Fsp3) is 0.516. The summed E-state index contributed by atoms with van der Waals surface area (Å²) in [4.78, 5) is 12.5. The number of hydrogen-bond acceptors (Lipinski definition) is 3. The lowest BCUT2D eigenvalue weighted by atomic mass is 9.74. The van der Waals surface area contributed by atoms with Gasteiger partial charge in [-0.3, -0.25) is 4.79 Å². The average Bonchev–Trinajstić information content (AvgIpc) is 2.85. The van der Waals surface area contributed by atoms with Crippen LogP contribution in [0.2, 0.25) is 0 Å². The van der Waals surface area contributed by atoms with Crippen molar-refractivity contribution in [2.75, 3.05) is 6.54 Å². The van der Waals surface area contributed by atoms with Gasteiger partial charge < -0.3 is 15.7 Å². The monoisotopic (exact) mass is 510 g/mol. The maximum Gasteiger partial charge on any atom is 0.221 e. The van der Waals surface area contributed by atoms with Crippen LogP contribution in [0.3, 0.4) is 0 Å². The summed E-state index contributed by atoms with van der Waals surface area (Å²) in [6.45, 7) is 6.80. The van der Waals surface area contributed by atoms with Gasteiger partial charge in [-0.25, -0.2) is 8.78 Å². The standard InChI is InChI=1S/C31H40F2N2O2/c1-5-6-13-29(37)35-27(18-22-16-25(32)20-26(33)17-22)28(36)21-34-31(14-8-7-9-15-31)24-12-10-11-23(19-24)30(2,3)4/h1,10-12,16-17,19-20,27-28,34,36H,6-9,13-15,18,21H2,2-4H3,(H,35,37). The second kappa shape index (κ2) is 12.7. The van der Waals surface area contributed by atoms with Crippen molar-refractivity contribution < 1.29 is 18.7 Å². The molecule has 1 aliphatic rings. The van der Waals surface area contributed by atoms with Crippen LogP contribution in [0.15, 0.2) is 42.5 Å². The molecule has 200 valence electrons. The number of halogens is 2. The molecule has 3 N–H and O–H groups in total. The van der Waals surface area contributed by atoms with Gasteiger partial charge in [-0.05, 0) is 53.5 Å². The van der Waals surface area contributed by atoms with Crippen molar-refractivity contribution in [1.82, 2.24) is 10.6 Å². The van der Waals surface area contributed by atoms with Gasteiger partial charge in [0.2, 0.25) is 5.91 Å². The fourth-order valence-electron chi connectivity index (χ4n) is 5.18. The minimum Gasteiger partial charge on any atom is -0.390 e. The molecule has 2 aromatic carbocycles. The van der Waals surface area contributed by atoms with E-state index in [0.717, 1.165) is 31.7 Å². The zero-order chi connectivity index (χ0) is 27.1. The van der Waals surface area contributed by atoms with Crippen molar-refractivity contribution in [2.45, 2.75) is 95.2 Å². The highest BCUT2D eigenvalue weighted by molar-refractivity contribution is 5.76. The molecule has 1 fully saturated rings. The maximum absolute atomic E-state index is 13.8. The summed E-state index contributed by atoms with van der Waals surface area (Å²) in [6, 6.07) is 11.2. The van der Waals surface area contributed by atoms with Crippen molar-refractivity contribution in [3.8, 4) is 12.3 Å². The Balaban J connectivity index is 1.82. The Morgan fingerprint density at radius 2 is 1.78 bits per heavy atom. The number of rotatable bonds is 10. The van der Waals surface area contributed by atoms with Gasteiger partial charge >= 0.3 is 0 Å². The first-order valence-electron chi connectivity index (χ1n) is 13.2. The number of carbonyl (C=O) groups excluding carboxylic acids is 1. The Morgan fingerprint density at radius 1 is 1.11 bits per heavy atom. The van der Waals surface area contributed by atoms with Crippen molar-refractivity contribution in [2.24, 2.45) is 0 Å². The molecule has 2 atom stereocenters. The predicted molar refractivity (Wildman–Crippen MR) is 144 cm³/mol. The first-order chi connectivity index (χ1) is 17.5. The summed E-state index contributed by atoms with van der Waals surface area (Å²) in [6.07, 6.45) is 10.0. The van der Waals surface area contributed by atoms with E-state index in [1.54, 1.807) is 0 Å². The molecule has 0 heterocycles. The molecule has 0 aromatic heterocycles. The van der Waals surface area contributed by atoms with Crippen LogP contribution in [0.1, 0.15) is 82.4 Å². The Kier molecular flexibility index (Phi) is 9.87. The van der Waals surface area contributed by atoms with Crippen LogP contribution >= 0.6 is 0 Å². The normalized spacial score (nSPS) is 17.0. The molecule has 2 unspecified atom stereocenters. The van der Waals surface area contributed by atoms with Crippen LogP contribution in [0, 0.1) is 24.0 Å². The Morgan fingerprint density at radius 3 is 2.41 bits per heavy atom. The number of aliphatic hydroxyl groups is 1. The fourth-order valence-corrected chi connectivity index (χ4v) is 5.18.